The molecule has 3 N–H and O–H groups in total. The third-order valence-corrected chi connectivity index (χ3v) is 3.97. The van der Waals surface area contributed by atoms with E-state index in [9.17, 15) is 8.42 Å². The zero-order valence-electron chi connectivity index (χ0n) is 8.66. The molecule has 0 saturated heterocycles. The summed E-state index contributed by atoms with van der Waals surface area (Å²) in [6.07, 6.45) is 8.42. The van der Waals surface area contributed by atoms with Gasteiger partial charge in [0.25, 0.3) is 0 Å². The Bertz CT molecular complexity index is 292. The summed E-state index contributed by atoms with van der Waals surface area (Å²) in [5, 5.41) is -0.481. The summed E-state index contributed by atoms with van der Waals surface area (Å²) in [6.45, 7) is 1.65. The number of sulfone groups is 1. The summed E-state index contributed by atoms with van der Waals surface area (Å²) in [4.78, 5) is 0. The Morgan fingerprint density at radius 1 is 1.57 bits per heavy atom. The quantitative estimate of drug-likeness (QED) is 0.286. The molecule has 0 amide bonds. The highest BCUT2D eigenvalue weighted by atomic mass is 32.2. The van der Waals surface area contributed by atoms with Gasteiger partial charge in [0.2, 0.25) is 0 Å². The van der Waals surface area contributed by atoms with Gasteiger partial charge in [0, 0.05) is 18.7 Å². The molecule has 0 aromatic carbocycles. The summed E-state index contributed by atoms with van der Waals surface area (Å²) in [7, 11) is -3.05. The Balaban J connectivity index is 4.22. The maximum Gasteiger partial charge on any atom is 0.151 e. The van der Waals surface area contributed by atoms with E-state index >= 15 is 0 Å². The summed E-state index contributed by atoms with van der Waals surface area (Å²) >= 11 is 0. The molecule has 0 aliphatic carbocycles. The first-order valence-corrected chi connectivity index (χ1v) is 6.47. The minimum absolute atomic E-state index is 0.224. The van der Waals surface area contributed by atoms with Crippen molar-refractivity contribution in [1.82, 2.24) is 5.43 Å². The van der Waals surface area contributed by atoms with Crippen molar-refractivity contribution in [2.24, 2.45) is 5.84 Å². The molecule has 0 bridgehead atoms. The second-order valence-electron chi connectivity index (χ2n) is 3.40. The third-order valence-electron chi connectivity index (χ3n) is 2.29. The molecule has 14 heavy (non-hydrogen) atoms. The minimum Gasteiger partial charge on any atom is -0.271 e. The summed E-state index contributed by atoms with van der Waals surface area (Å²) in [5.41, 5.74) is 2.52. The fourth-order valence-electron chi connectivity index (χ4n) is 1.18. The van der Waals surface area contributed by atoms with Crippen molar-refractivity contribution in [3.8, 4) is 12.3 Å². The van der Waals surface area contributed by atoms with Crippen LogP contribution in [-0.4, -0.2) is 26.0 Å². The van der Waals surface area contributed by atoms with Gasteiger partial charge in [-0.3, -0.25) is 11.3 Å². The van der Waals surface area contributed by atoms with E-state index in [1.165, 1.54) is 6.26 Å². The molecule has 82 valence electrons. The number of nitrogens with two attached hydrogens (primary N) is 1. The molecule has 4 nitrogen and oxygen atoms in total. The van der Waals surface area contributed by atoms with Crippen LogP contribution in [0.5, 0.6) is 0 Å². The maximum absolute atomic E-state index is 11.2. The lowest BCUT2D eigenvalue weighted by Gasteiger charge is -2.21. The van der Waals surface area contributed by atoms with Gasteiger partial charge in [-0.05, 0) is 19.8 Å². The van der Waals surface area contributed by atoms with Crippen LogP contribution in [0.15, 0.2) is 0 Å². The zero-order chi connectivity index (χ0) is 11.2. The zero-order valence-corrected chi connectivity index (χ0v) is 9.47. The average Bonchev–Trinajstić information content (AvgIpc) is 2.10. The van der Waals surface area contributed by atoms with Gasteiger partial charge in [0.05, 0.1) is 5.25 Å². The van der Waals surface area contributed by atoms with Crippen LogP contribution in [0.4, 0.5) is 0 Å². The van der Waals surface area contributed by atoms with Crippen molar-refractivity contribution in [2.75, 3.05) is 6.26 Å². The summed E-state index contributed by atoms with van der Waals surface area (Å²) < 4.78 is 22.5. The van der Waals surface area contributed by atoms with Crippen molar-refractivity contribution in [3.05, 3.63) is 0 Å². The van der Waals surface area contributed by atoms with Crippen LogP contribution < -0.4 is 11.3 Å². The second-order valence-corrected chi connectivity index (χ2v) is 5.81. The van der Waals surface area contributed by atoms with Crippen LogP contribution in [0.1, 0.15) is 26.2 Å². The van der Waals surface area contributed by atoms with E-state index in [1.54, 1.807) is 6.92 Å². The minimum atomic E-state index is -3.05. The molecule has 0 rings (SSSR count). The van der Waals surface area contributed by atoms with Crippen LogP contribution in [0.3, 0.4) is 0 Å². The number of hydrogen-bond acceptors (Lipinski definition) is 4. The SMILES string of the molecule is C#CCCCC(NN)C(C)S(C)(=O)=O. The van der Waals surface area contributed by atoms with E-state index in [0.717, 1.165) is 6.42 Å². The Morgan fingerprint density at radius 3 is 2.50 bits per heavy atom. The molecule has 0 heterocycles. The molecular formula is C9H18N2O2S. The topological polar surface area (TPSA) is 72.2 Å². The van der Waals surface area contributed by atoms with Gasteiger partial charge in [0.1, 0.15) is 0 Å². The lowest BCUT2D eigenvalue weighted by atomic mass is 10.1. The predicted octanol–water partition coefficient (Wildman–Crippen LogP) is 0.0549. The number of unbranched alkanes of at least 4 members (excludes halogenated alkanes) is 1. The van der Waals surface area contributed by atoms with Gasteiger partial charge in [-0.25, -0.2) is 8.42 Å². The smallest absolute Gasteiger partial charge is 0.151 e. The van der Waals surface area contributed by atoms with Gasteiger partial charge in [-0.1, -0.05) is 0 Å². The average molecular weight is 218 g/mol. The van der Waals surface area contributed by atoms with E-state index in [4.69, 9.17) is 12.3 Å². The molecule has 2 unspecified atom stereocenters. The fraction of sp³-hybridized carbons (Fsp3) is 0.778. The molecule has 2 atom stereocenters. The largest absolute Gasteiger partial charge is 0.271 e. The first kappa shape index (κ1) is 13.4. The van der Waals surface area contributed by atoms with Crippen LogP contribution in [0.25, 0.3) is 0 Å². The Labute approximate surface area is 86.1 Å². The predicted molar refractivity (Wildman–Crippen MR) is 58.1 cm³/mol. The van der Waals surface area contributed by atoms with Gasteiger partial charge >= 0.3 is 0 Å². The molecule has 0 fully saturated rings. The maximum atomic E-state index is 11.2. The van der Waals surface area contributed by atoms with Gasteiger partial charge in [-0.2, -0.15) is 0 Å². The third kappa shape index (κ3) is 4.61. The van der Waals surface area contributed by atoms with Gasteiger partial charge in [0.15, 0.2) is 9.84 Å². The highest BCUT2D eigenvalue weighted by Gasteiger charge is 2.24. The molecule has 0 aromatic rings. The molecule has 5 heteroatoms. The highest BCUT2D eigenvalue weighted by molar-refractivity contribution is 7.91. The Hall–Kier alpha value is -0.570. The molecule has 0 aliphatic rings. The first-order chi connectivity index (χ1) is 6.43. The van der Waals surface area contributed by atoms with E-state index in [1.807, 2.05) is 0 Å². The van der Waals surface area contributed by atoms with E-state index in [0.29, 0.717) is 12.8 Å². The molecular weight excluding hydrogens is 200 g/mol. The second kappa shape index (κ2) is 6.02. The molecule has 0 aliphatic heterocycles. The van der Waals surface area contributed by atoms with Gasteiger partial charge < -0.3 is 0 Å². The van der Waals surface area contributed by atoms with E-state index in [2.05, 4.69) is 11.3 Å². The monoisotopic (exact) mass is 218 g/mol. The standard InChI is InChI=1S/C9H18N2O2S/c1-4-5-6-7-9(11-10)8(2)14(3,12)13/h1,8-9,11H,5-7,10H2,2-3H3. The van der Waals surface area contributed by atoms with E-state index in [-0.39, 0.29) is 6.04 Å². The highest BCUT2D eigenvalue weighted by Crippen LogP contribution is 2.10. The number of hydrogen-bond donors (Lipinski definition) is 2. The number of terminal acetylenes is 1. The molecule has 0 radical (unpaired) electrons. The molecule has 0 spiro atoms. The fourth-order valence-corrected chi connectivity index (χ4v) is 1.99. The first-order valence-electron chi connectivity index (χ1n) is 4.52. The summed E-state index contributed by atoms with van der Waals surface area (Å²) in [6, 6.07) is -0.224. The van der Waals surface area contributed by atoms with Crippen LogP contribution in [-0.2, 0) is 9.84 Å². The van der Waals surface area contributed by atoms with E-state index < -0.39 is 15.1 Å². The lowest BCUT2D eigenvalue weighted by Crippen LogP contribution is -2.45. The molecule has 0 aromatic heterocycles. The van der Waals surface area contributed by atoms with Crippen LogP contribution >= 0.6 is 0 Å². The van der Waals surface area contributed by atoms with Crippen LogP contribution in [0, 0.1) is 12.3 Å². The van der Waals surface area contributed by atoms with Crippen molar-refractivity contribution < 1.29 is 8.42 Å². The summed E-state index contributed by atoms with van der Waals surface area (Å²) in [5.74, 6) is 7.79. The number of nitrogens with one attached hydrogen (secondary N) is 1. The number of hydrazine groups is 1. The molecule has 0 saturated carbocycles. The van der Waals surface area contributed by atoms with Crippen molar-refractivity contribution in [1.29, 1.82) is 0 Å². The van der Waals surface area contributed by atoms with Crippen LogP contribution in [0.2, 0.25) is 0 Å². The van der Waals surface area contributed by atoms with Crippen molar-refractivity contribution in [2.45, 2.75) is 37.5 Å². The van der Waals surface area contributed by atoms with Crippen molar-refractivity contribution >= 4 is 9.84 Å². The van der Waals surface area contributed by atoms with Gasteiger partial charge in [-0.15, -0.1) is 12.3 Å². The Morgan fingerprint density at radius 2 is 2.14 bits per heavy atom. The van der Waals surface area contributed by atoms with Crippen molar-refractivity contribution in [3.63, 3.8) is 0 Å². The lowest BCUT2D eigenvalue weighted by molar-refractivity contribution is 0.461. The Kier molecular flexibility index (Phi) is 5.77. The number of rotatable bonds is 6. The normalized spacial score (nSPS) is 15.9.